The van der Waals surface area contributed by atoms with E-state index in [0.717, 1.165) is 37.6 Å². The summed E-state index contributed by atoms with van der Waals surface area (Å²) in [5.41, 5.74) is 4.55. The SMILES string of the molecule is CCC(=Cc1sc2ccccc2[n+]1CC(=O)O)C=C1Oc2ccc(-c3ccccc3)cc2N1CCCS(=O)(=O)[O-]. The predicted octanol–water partition coefficient (Wildman–Crippen LogP) is 5.41. The fourth-order valence-electron chi connectivity index (χ4n) is 4.67. The van der Waals surface area contributed by atoms with Crippen LogP contribution in [0.15, 0.2) is 90.3 Å². The Morgan fingerprint density at radius 3 is 2.55 bits per heavy atom. The summed E-state index contributed by atoms with van der Waals surface area (Å²) in [4.78, 5) is 13.5. The Morgan fingerprint density at radius 1 is 1.07 bits per heavy atom. The maximum Gasteiger partial charge on any atom is 0.370 e. The summed E-state index contributed by atoms with van der Waals surface area (Å²) in [6.45, 7) is 2.11. The van der Waals surface area contributed by atoms with Crippen LogP contribution >= 0.6 is 11.3 Å². The molecule has 40 heavy (non-hydrogen) atoms. The van der Waals surface area contributed by atoms with E-state index in [1.807, 2.05) is 96.8 Å². The van der Waals surface area contributed by atoms with E-state index in [1.54, 1.807) is 4.57 Å². The molecule has 0 aliphatic carbocycles. The number of fused-ring (bicyclic) bond motifs is 2. The highest BCUT2D eigenvalue weighted by Crippen LogP contribution is 2.42. The van der Waals surface area contributed by atoms with E-state index in [2.05, 4.69) is 0 Å². The van der Waals surface area contributed by atoms with Gasteiger partial charge in [-0.05, 0) is 47.7 Å². The second-order valence-corrected chi connectivity index (χ2v) is 11.9. The highest BCUT2D eigenvalue weighted by Gasteiger charge is 2.28. The molecular weight excluding hydrogens is 548 g/mol. The maximum atomic E-state index is 11.6. The number of para-hydroxylation sites is 1. The van der Waals surface area contributed by atoms with Crippen LogP contribution in [-0.2, 0) is 21.5 Å². The van der Waals surface area contributed by atoms with Gasteiger partial charge in [0.1, 0.15) is 4.70 Å². The van der Waals surface area contributed by atoms with Crippen molar-refractivity contribution in [1.29, 1.82) is 0 Å². The van der Waals surface area contributed by atoms with Crippen LogP contribution in [0.4, 0.5) is 5.69 Å². The number of allylic oxidation sites excluding steroid dienone is 2. The van der Waals surface area contributed by atoms with Crippen LogP contribution < -0.4 is 14.2 Å². The van der Waals surface area contributed by atoms with Crippen molar-refractivity contribution in [3.8, 4) is 16.9 Å². The largest absolute Gasteiger partial charge is 0.748 e. The van der Waals surface area contributed by atoms with Crippen molar-refractivity contribution in [2.45, 2.75) is 26.3 Å². The zero-order valence-electron chi connectivity index (χ0n) is 21.8. The fourth-order valence-corrected chi connectivity index (χ4v) is 6.29. The van der Waals surface area contributed by atoms with Gasteiger partial charge in [-0.3, -0.25) is 0 Å². The van der Waals surface area contributed by atoms with Crippen molar-refractivity contribution in [1.82, 2.24) is 0 Å². The molecule has 206 valence electrons. The first-order valence-electron chi connectivity index (χ1n) is 12.9. The molecule has 0 saturated carbocycles. The minimum Gasteiger partial charge on any atom is -0.748 e. The van der Waals surface area contributed by atoms with E-state index in [-0.39, 0.29) is 19.5 Å². The molecule has 0 bridgehead atoms. The first-order chi connectivity index (χ1) is 19.2. The Morgan fingerprint density at radius 2 is 1.82 bits per heavy atom. The number of carboxylic acids is 1. The van der Waals surface area contributed by atoms with Crippen molar-refractivity contribution in [2.75, 3.05) is 17.2 Å². The fraction of sp³-hybridized carbons (Fsp3) is 0.200. The molecule has 0 spiro atoms. The highest BCUT2D eigenvalue weighted by atomic mass is 32.2. The van der Waals surface area contributed by atoms with Gasteiger partial charge in [-0.15, -0.1) is 0 Å². The van der Waals surface area contributed by atoms with E-state index in [0.29, 0.717) is 18.1 Å². The number of nitrogens with zero attached hydrogens (tertiary/aromatic N) is 2. The van der Waals surface area contributed by atoms with Gasteiger partial charge in [-0.1, -0.05) is 66.8 Å². The van der Waals surface area contributed by atoms with E-state index < -0.39 is 21.8 Å². The number of carbonyl (C=O) groups is 1. The molecule has 3 aromatic carbocycles. The molecule has 1 aliphatic heterocycles. The van der Waals surface area contributed by atoms with Crippen LogP contribution in [0.2, 0.25) is 0 Å². The lowest BCUT2D eigenvalue weighted by Crippen LogP contribution is -2.39. The molecule has 10 heteroatoms. The first-order valence-corrected chi connectivity index (χ1v) is 15.2. The van der Waals surface area contributed by atoms with Crippen LogP contribution in [-0.4, -0.2) is 36.3 Å². The van der Waals surface area contributed by atoms with Crippen molar-refractivity contribution in [3.63, 3.8) is 0 Å². The van der Waals surface area contributed by atoms with Crippen LogP contribution in [0.25, 0.3) is 27.4 Å². The molecule has 2 heterocycles. The maximum absolute atomic E-state index is 11.6. The summed E-state index contributed by atoms with van der Waals surface area (Å²) in [5.74, 6) is -0.252. The number of rotatable bonds is 10. The molecular formula is C30H28N2O6S2. The standard InChI is InChI=1S/C30H28N2O6S2/c1-2-21(18-29-32(20-30(33)34)24-11-6-7-12-27(24)39-29)17-28-31(15-8-16-40(35,36)37)25-19-23(13-14-26(25)38-28)22-9-4-3-5-10-22/h3-7,9-14,17-19H,2,8,15-16,20H2,1H3,(H-,33,34,35,36,37). The molecule has 1 N–H and O–H groups in total. The lowest BCUT2D eigenvalue weighted by atomic mass is 10.0. The summed E-state index contributed by atoms with van der Waals surface area (Å²) in [6.07, 6.45) is 4.64. The van der Waals surface area contributed by atoms with Gasteiger partial charge in [0.05, 0.1) is 15.8 Å². The summed E-state index contributed by atoms with van der Waals surface area (Å²) in [7, 11) is -4.36. The highest BCUT2D eigenvalue weighted by molar-refractivity contribution is 7.85. The number of benzene rings is 3. The number of carboxylic acid groups (broad SMARTS) is 1. The normalized spacial score (nSPS) is 14.5. The third-order valence-corrected chi connectivity index (χ3v) is 8.47. The molecule has 0 unspecified atom stereocenters. The third-order valence-electron chi connectivity index (χ3n) is 6.57. The Balaban J connectivity index is 1.54. The number of aromatic nitrogens is 1. The number of hydrogen-bond acceptors (Lipinski definition) is 7. The average molecular weight is 577 g/mol. The van der Waals surface area contributed by atoms with Gasteiger partial charge in [0.15, 0.2) is 5.75 Å². The van der Waals surface area contributed by atoms with Gasteiger partial charge in [-0.25, -0.2) is 13.2 Å². The topological polar surface area (TPSA) is 111 Å². The quantitative estimate of drug-likeness (QED) is 0.199. The third kappa shape index (κ3) is 6.25. The number of thiazole rings is 1. The summed E-state index contributed by atoms with van der Waals surface area (Å²) >= 11 is 1.51. The molecule has 4 aromatic rings. The molecule has 5 rings (SSSR count). The summed E-state index contributed by atoms with van der Waals surface area (Å²) in [5, 5.41) is 10.3. The molecule has 0 radical (unpaired) electrons. The number of ether oxygens (including phenoxy) is 1. The molecule has 0 amide bonds. The smallest absolute Gasteiger partial charge is 0.370 e. The Bertz CT molecular complexity index is 1730. The zero-order chi connectivity index (χ0) is 28.3. The molecule has 0 fully saturated rings. The lowest BCUT2D eigenvalue weighted by Gasteiger charge is -2.19. The lowest BCUT2D eigenvalue weighted by molar-refractivity contribution is -0.657. The Labute approximate surface area is 236 Å². The predicted molar refractivity (Wildman–Crippen MR) is 155 cm³/mol. The summed E-state index contributed by atoms with van der Waals surface area (Å²) in [6, 6.07) is 23.4. The van der Waals surface area contributed by atoms with Gasteiger partial charge >= 0.3 is 5.97 Å². The second kappa shape index (κ2) is 11.6. The number of hydrogen-bond donors (Lipinski definition) is 1. The second-order valence-electron chi connectivity index (χ2n) is 9.36. The number of anilines is 1. The van der Waals surface area contributed by atoms with E-state index in [1.165, 1.54) is 11.3 Å². The zero-order valence-corrected chi connectivity index (χ0v) is 23.5. The minimum absolute atomic E-state index is 0.141. The molecule has 1 aromatic heterocycles. The van der Waals surface area contributed by atoms with Crippen LogP contribution in [0.3, 0.4) is 0 Å². The molecule has 1 aliphatic rings. The monoisotopic (exact) mass is 576 g/mol. The summed E-state index contributed by atoms with van der Waals surface area (Å²) < 4.78 is 42.9. The van der Waals surface area contributed by atoms with E-state index in [9.17, 15) is 22.9 Å². The van der Waals surface area contributed by atoms with Gasteiger partial charge in [0, 0.05) is 30.5 Å². The van der Waals surface area contributed by atoms with Gasteiger partial charge in [0.2, 0.25) is 17.9 Å². The average Bonchev–Trinajstić information content (AvgIpc) is 3.44. The van der Waals surface area contributed by atoms with Crippen LogP contribution in [0.1, 0.15) is 24.8 Å². The van der Waals surface area contributed by atoms with Gasteiger partial charge < -0.3 is 19.3 Å². The van der Waals surface area contributed by atoms with Crippen LogP contribution in [0, 0.1) is 0 Å². The van der Waals surface area contributed by atoms with E-state index >= 15 is 0 Å². The minimum atomic E-state index is -4.36. The first kappa shape index (κ1) is 27.6. The van der Waals surface area contributed by atoms with Crippen molar-refractivity contribution in [2.24, 2.45) is 0 Å². The Kier molecular flexibility index (Phi) is 8.02. The van der Waals surface area contributed by atoms with Crippen molar-refractivity contribution < 1.29 is 32.2 Å². The molecule has 0 atom stereocenters. The van der Waals surface area contributed by atoms with Crippen molar-refractivity contribution >= 4 is 49.4 Å². The van der Waals surface area contributed by atoms with Crippen molar-refractivity contribution in [3.05, 3.63) is 95.3 Å². The van der Waals surface area contributed by atoms with Gasteiger partial charge in [-0.2, -0.15) is 4.57 Å². The molecule has 0 saturated heterocycles. The van der Waals surface area contributed by atoms with E-state index in [4.69, 9.17) is 4.74 Å². The Hall–Kier alpha value is -3.99. The van der Waals surface area contributed by atoms with Crippen LogP contribution in [0.5, 0.6) is 5.75 Å². The number of aliphatic carboxylic acids is 1. The molecule has 8 nitrogen and oxygen atoms in total. The van der Waals surface area contributed by atoms with Gasteiger partial charge in [0.25, 0.3) is 5.01 Å².